The summed E-state index contributed by atoms with van der Waals surface area (Å²) in [6, 6.07) is 9.84. The van der Waals surface area contributed by atoms with Crippen molar-refractivity contribution in [3.8, 4) is 0 Å². The van der Waals surface area contributed by atoms with Gasteiger partial charge in [0.05, 0.1) is 17.8 Å². The van der Waals surface area contributed by atoms with E-state index in [-0.39, 0.29) is 18.0 Å². The van der Waals surface area contributed by atoms with Crippen LogP contribution in [0.3, 0.4) is 0 Å². The number of piperidine rings is 1. The zero-order valence-electron chi connectivity index (χ0n) is 18.2. The second-order valence-corrected chi connectivity index (χ2v) is 8.03. The van der Waals surface area contributed by atoms with E-state index in [0.717, 1.165) is 30.4 Å². The molecule has 1 aromatic carbocycles. The van der Waals surface area contributed by atoms with Gasteiger partial charge in [-0.15, -0.1) is 0 Å². The van der Waals surface area contributed by atoms with Crippen LogP contribution in [-0.4, -0.2) is 51.6 Å². The number of carbonyl (C=O) groups is 2. The number of anilines is 1. The Morgan fingerprint density at radius 2 is 2.03 bits per heavy atom. The number of amides is 3. The molecule has 0 bridgehead atoms. The van der Waals surface area contributed by atoms with Crippen LogP contribution in [0.1, 0.15) is 43.5 Å². The molecule has 2 aliphatic heterocycles. The van der Waals surface area contributed by atoms with Crippen LogP contribution in [0.25, 0.3) is 0 Å². The topological polar surface area (TPSA) is 119 Å². The maximum absolute atomic E-state index is 12.8. The molecule has 1 aromatic heterocycles. The number of fused-ring (bicyclic) bond motifs is 1. The van der Waals surface area contributed by atoms with Crippen molar-refractivity contribution in [2.24, 2.45) is 0 Å². The highest BCUT2D eigenvalue weighted by molar-refractivity contribution is 5.77. The molecule has 1 unspecified atom stereocenters. The van der Waals surface area contributed by atoms with Crippen molar-refractivity contribution in [2.75, 3.05) is 19.0 Å². The third-order valence-electron chi connectivity index (χ3n) is 5.64. The molecular formula is C22H30N6O3. The number of benzene rings is 1. The molecule has 0 aliphatic carbocycles. The Morgan fingerprint density at radius 3 is 2.71 bits per heavy atom. The minimum absolute atomic E-state index is 0.0804. The van der Waals surface area contributed by atoms with Crippen LogP contribution in [0.15, 0.2) is 36.5 Å². The number of aliphatic hydroxyl groups excluding tert-OH is 1. The SMILES string of the molecule is CC1(C)c2cnc(NC3CCC(=O)NC3)nc2CN1C(=O)NCc1ccccc1.CO. The fraction of sp³-hybridized carbons (Fsp3) is 0.455. The van der Waals surface area contributed by atoms with Crippen molar-refractivity contribution in [3.63, 3.8) is 0 Å². The number of nitrogens with zero attached hydrogens (tertiary/aromatic N) is 3. The molecule has 3 heterocycles. The Bertz CT molecular complexity index is 909. The van der Waals surface area contributed by atoms with E-state index in [1.807, 2.05) is 44.2 Å². The summed E-state index contributed by atoms with van der Waals surface area (Å²) in [7, 11) is 1.00. The first kappa shape index (κ1) is 22.5. The minimum atomic E-state index is -0.493. The normalized spacial score (nSPS) is 18.9. The van der Waals surface area contributed by atoms with Crippen molar-refractivity contribution < 1.29 is 14.7 Å². The van der Waals surface area contributed by atoms with Gasteiger partial charge in [0.2, 0.25) is 11.9 Å². The molecule has 2 aliphatic rings. The number of aliphatic hydroxyl groups is 1. The number of hydrogen-bond acceptors (Lipinski definition) is 6. The second-order valence-electron chi connectivity index (χ2n) is 8.03. The van der Waals surface area contributed by atoms with Gasteiger partial charge in [0.1, 0.15) is 0 Å². The van der Waals surface area contributed by atoms with Gasteiger partial charge in [-0.3, -0.25) is 4.79 Å². The summed E-state index contributed by atoms with van der Waals surface area (Å²) in [5.41, 5.74) is 2.37. The molecule has 0 saturated carbocycles. The van der Waals surface area contributed by atoms with Gasteiger partial charge in [0.25, 0.3) is 0 Å². The molecule has 1 atom stereocenters. The van der Waals surface area contributed by atoms with Crippen molar-refractivity contribution in [1.29, 1.82) is 0 Å². The third kappa shape index (κ3) is 5.11. The minimum Gasteiger partial charge on any atom is -0.400 e. The van der Waals surface area contributed by atoms with Crippen LogP contribution in [0.4, 0.5) is 10.7 Å². The number of carbonyl (C=O) groups excluding carboxylic acids is 2. The van der Waals surface area contributed by atoms with E-state index < -0.39 is 5.54 Å². The summed E-state index contributed by atoms with van der Waals surface area (Å²) >= 11 is 0. The lowest BCUT2D eigenvalue weighted by molar-refractivity contribution is -0.122. The van der Waals surface area contributed by atoms with E-state index in [1.54, 1.807) is 11.1 Å². The Labute approximate surface area is 182 Å². The first-order chi connectivity index (χ1) is 14.9. The van der Waals surface area contributed by atoms with Crippen LogP contribution >= 0.6 is 0 Å². The van der Waals surface area contributed by atoms with Gasteiger partial charge >= 0.3 is 6.03 Å². The van der Waals surface area contributed by atoms with Crippen molar-refractivity contribution in [2.45, 2.75) is 51.4 Å². The fourth-order valence-electron chi connectivity index (χ4n) is 3.84. The number of hydrogen-bond donors (Lipinski definition) is 4. The summed E-state index contributed by atoms with van der Waals surface area (Å²) in [6.07, 6.45) is 3.06. The molecule has 0 radical (unpaired) electrons. The van der Waals surface area contributed by atoms with Crippen LogP contribution in [0, 0.1) is 0 Å². The van der Waals surface area contributed by atoms with E-state index in [0.29, 0.717) is 32.0 Å². The molecule has 2 aromatic rings. The van der Waals surface area contributed by atoms with Gasteiger partial charge in [-0.1, -0.05) is 30.3 Å². The van der Waals surface area contributed by atoms with E-state index >= 15 is 0 Å². The van der Waals surface area contributed by atoms with Gasteiger partial charge in [-0.05, 0) is 25.8 Å². The standard InChI is InChI=1S/C21H26N6O2.CH4O/c1-21(2)16-12-23-19(25-15-8-9-18(28)22-11-15)26-17(16)13-27(21)20(29)24-10-14-6-4-3-5-7-14;1-2/h3-7,12,15H,8-11,13H2,1-2H3,(H,22,28)(H,24,29)(H,23,25,26);2H,1H3. The first-order valence-electron chi connectivity index (χ1n) is 10.4. The monoisotopic (exact) mass is 426 g/mol. The van der Waals surface area contributed by atoms with E-state index in [2.05, 4.69) is 25.9 Å². The van der Waals surface area contributed by atoms with Crippen LogP contribution < -0.4 is 16.0 Å². The van der Waals surface area contributed by atoms with Crippen LogP contribution in [0.2, 0.25) is 0 Å². The molecule has 9 nitrogen and oxygen atoms in total. The van der Waals surface area contributed by atoms with Crippen molar-refractivity contribution in [1.82, 2.24) is 25.5 Å². The largest absolute Gasteiger partial charge is 0.400 e. The first-order valence-corrected chi connectivity index (χ1v) is 10.4. The molecule has 1 fully saturated rings. The van der Waals surface area contributed by atoms with Crippen LogP contribution in [-0.2, 0) is 23.4 Å². The highest BCUT2D eigenvalue weighted by atomic mass is 16.2. The van der Waals surface area contributed by atoms with E-state index in [1.165, 1.54) is 0 Å². The molecule has 4 N–H and O–H groups in total. The third-order valence-corrected chi connectivity index (χ3v) is 5.64. The summed E-state index contributed by atoms with van der Waals surface area (Å²) in [5, 5.41) is 16.1. The highest BCUT2D eigenvalue weighted by Crippen LogP contribution is 2.37. The lowest BCUT2D eigenvalue weighted by Gasteiger charge is -2.32. The van der Waals surface area contributed by atoms with Crippen molar-refractivity contribution >= 4 is 17.9 Å². The maximum Gasteiger partial charge on any atom is 0.318 e. The fourth-order valence-corrected chi connectivity index (χ4v) is 3.84. The summed E-state index contributed by atoms with van der Waals surface area (Å²) < 4.78 is 0. The number of rotatable bonds is 4. The molecule has 0 spiro atoms. The molecule has 1 saturated heterocycles. The smallest absolute Gasteiger partial charge is 0.318 e. The lowest BCUT2D eigenvalue weighted by atomic mass is 9.97. The quantitative estimate of drug-likeness (QED) is 0.591. The Hall–Kier alpha value is -3.20. The number of nitrogens with one attached hydrogen (secondary N) is 3. The van der Waals surface area contributed by atoms with Crippen LogP contribution in [0.5, 0.6) is 0 Å². The Morgan fingerprint density at radius 1 is 1.29 bits per heavy atom. The summed E-state index contributed by atoms with van der Waals surface area (Å²) in [4.78, 5) is 35.1. The zero-order valence-corrected chi connectivity index (χ0v) is 18.2. The predicted octanol–water partition coefficient (Wildman–Crippen LogP) is 1.74. The number of aromatic nitrogens is 2. The van der Waals surface area contributed by atoms with Gasteiger partial charge in [-0.2, -0.15) is 0 Å². The van der Waals surface area contributed by atoms with Gasteiger partial charge < -0.3 is 26.0 Å². The maximum atomic E-state index is 12.8. The molecule has 31 heavy (non-hydrogen) atoms. The van der Waals surface area contributed by atoms with Crippen molar-refractivity contribution in [3.05, 3.63) is 53.3 Å². The van der Waals surface area contributed by atoms with Gasteiger partial charge in [0.15, 0.2) is 0 Å². The molecule has 3 amide bonds. The summed E-state index contributed by atoms with van der Waals surface area (Å²) in [6.45, 7) is 5.50. The average Bonchev–Trinajstić information content (AvgIpc) is 3.06. The zero-order chi connectivity index (χ0) is 22.4. The van der Waals surface area contributed by atoms with E-state index in [4.69, 9.17) is 5.11 Å². The average molecular weight is 427 g/mol. The lowest BCUT2D eigenvalue weighted by Crippen LogP contribution is -2.45. The molecule has 9 heteroatoms. The molecule has 4 rings (SSSR count). The predicted molar refractivity (Wildman–Crippen MR) is 117 cm³/mol. The summed E-state index contributed by atoms with van der Waals surface area (Å²) in [5.74, 6) is 0.615. The van der Waals surface area contributed by atoms with Gasteiger partial charge in [0, 0.05) is 44.4 Å². The Balaban J connectivity index is 0.00000132. The van der Waals surface area contributed by atoms with Gasteiger partial charge in [-0.25, -0.2) is 14.8 Å². The second kappa shape index (κ2) is 9.74. The number of urea groups is 1. The highest BCUT2D eigenvalue weighted by Gasteiger charge is 2.41. The van der Waals surface area contributed by atoms with E-state index in [9.17, 15) is 9.59 Å². The molecular weight excluding hydrogens is 396 g/mol. The molecule has 166 valence electrons. The Kier molecular flexibility index (Phi) is 7.06.